The minimum absolute atomic E-state index is 0.177. The number of aliphatic hydroxyl groups excluding tert-OH is 1. The summed E-state index contributed by atoms with van der Waals surface area (Å²) in [5.41, 5.74) is -0.149. The molecule has 2 aliphatic carbocycles. The first-order valence-electron chi connectivity index (χ1n) is 4.51. The van der Waals surface area contributed by atoms with E-state index in [0.717, 1.165) is 19.3 Å². The lowest BCUT2D eigenvalue weighted by Crippen LogP contribution is -2.47. The van der Waals surface area contributed by atoms with E-state index in [1.807, 2.05) is 0 Å². The van der Waals surface area contributed by atoms with Crippen LogP contribution in [0.4, 0.5) is 13.2 Å². The molecule has 0 heterocycles. The van der Waals surface area contributed by atoms with Gasteiger partial charge in [-0.15, -0.1) is 0 Å². The van der Waals surface area contributed by atoms with Gasteiger partial charge in [-0.3, -0.25) is 0 Å². The Kier molecular flexibility index (Phi) is 2.23. The summed E-state index contributed by atoms with van der Waals surface area (Å²) in [4.78, 5) is 0. The normalized spacial score (nSPS) is 27.2. The van der Waals surface area contributed by atoms with Crippen LogP contribution in [0.5, 0.6) is 0 Å². The van der Waals surface area contributed by atoms with Crippen LogP contribution in [0.15, 0.2) is 10.1 Å². The number of hydrogen-bond donors (Lipinski definition) is 1. The van der Waals surface area contributed by atoms with Crippen LogP contribution in [0.25, 0.3) is 0 Å². The Morgan fingerprint density at radius 2 is 1.93 bits per heavy atom. The van der Waals surface area contributed by atoms with Gasteiger partial charge in [-0.05, 0) is 34.7 Å². The summed E-state index contributed by atoms with van der Waals surface area (Å²) in [6, 6.07) is 0. The van der Waals surface area contributed by atoms with Gasteiger partial charge in [0.25, 0.3) is 0 Å². The van der Waals surface area contributed by atoms with Gasteiger partial charge >= 0.3 is 6.18 Å². The molecule has 1 spiro atoms. The smallest absolute Gasteiger partial charge is 0.379 e. The summed E-state index contributed by atoms with van der Waals surface area (Å²) in [7, 11) is 0. The summed E-state index contributed by atoms with van der Waals surface area (Å²) >= 11 is 3.09. The second-order valence-electron chi connectivity index (χ2n) is 4.07. The first-order valence-corrected chi connectivity index (χ1v) is 5.30. The molecule has 1 nitrogen and oxygen atoms in total. The average molecular weight is 271 g/mol. The van der Waals surface area contributed by atoms with Gasteiger partial charge in [-0.2, -0.15) is 13.2 Å². The third-order valence-corrected chi connectivity index (χ3v) is 3.96. The van der Waals surface area contributed by atoms with Crippen LogP contribution in [-0.2, 0) is 0 Å². The van der Waals surface area contributed by atoms with Gasteiger partial charge < -0.3 is 5.11 Å². The Labute approximate surface area is 88.1 Å². The molecule has 0 aromatic heterocycles. The lowest BCUT2D eigenvalue weighted by molar-refractivity contribution is -0.199. The molecular formula is C9H10BrF3O. The summed E-state index contributed by atoms with van der Waals surface area (Å²) < 4.78 is 37.4. The van der Waals surface area contributed by atoms with Crippen molar-refractivity contribution in [3.63, 3.8) is 0 Å². The molecule has 80 valence electrons. The Balaban J connectivity index is 2.22. The number of alkyl halides is 3. The molecule has 1 fully saturated rings. The summed E-state index contributed by atoms with van der Waals surface area (Å²) in [6.45, 7) is 0. The molecule has 0 radical (unpaired) electrons. The van der Waals surface area contributed by atoms with Crippen molar-refractivity contribution in [1.82, 2.24) is 0 Å². The predicted octanol–water partition coefficient (Wildman–Crippen LogP) is 3.13. The molecule has 2 rings (SSSR count). The van der Waals surface area contributed by atoms with Crippen LogP contribution in [0.1, 0.15) is 25.7 Å². The van der Waals surface area contributed by atoms with Crippen LogP contribution in [-0.4, -0.2) is 17.4 Å². The maximum absolute atomic E-state index is 12.3. The fraction of sp³-hybridized carbons (Fsp3) is 0.778. The lowest BCUT2D eigenvalue weighted by atomic mass is 9.55. The Morgan fingerprint density at radius 1 is 1.36 bits per heavy atom. The maximum Gasteiger partial charge on any atom is 0.418 e. The van der Waals surface area contributed by atoms with Gasteiger partial charge in [0, 0.05) is 0 Å². The van der Waals surface area contributed by atoms with Crippen molar-refractivity contribution in [1.29, 1.82) is 0 Å². The van der Waals surface area contributed by atoms with Gasteiger partial charge in [-0.1, -0.05) is 22.4 Å². The van der Waals surface area contributed by atoms with Crippen molar-refractivity contribution >= 4 is 15.9 Å². The summed E-state index contributed by atoms with van der Waals surface area (Å²) in [6.07, 6.45) is -3.61. The minimum Gasteiger partial charge on any atom is -0.379 e. The highest BCUT2D eigenvalue weighted by atomic mass is 79.9. The van der Waals surface area contributed by atoms with Crippen molar-refractivity contribution in [3.8, 4) is 0 Å². The van der Waals surface area contributed by atoms with Crippen molar-refractivity contribution < 1.29 is 18.3 Å². The average Bonchev–Trinajstić information content (AvgIpc) is 1.94. The Hall–Kier alpha value is -0.0300. The van der Waals surface area contributed by atoms with Crippen molar-refractivity contribution in [2.24, 2.45) is 5.41 Å². The highest BCUT2D eigenvalue weighted by molar-refractivity contribution is 9.11. The largest absolute Gasteiger partial charge is 0.418 e. The van der Waals surface area contributed by atoms with E-state index in [-0.39, 0.29) is 11.0 Å². The lowest BCUT2D eigenvalue weighted by Gasteiger charge is -2.52. The second kappa shape index (κ2) is 2.98. The standard InChI is InChI=1S/C9H10BrF3O/c10-5-4-8(2-1-3-8)6(5)7(14)9(11,12)13/h7,14H,1-4H2. The van der Waals surface area contributed by atoms with Crippen LogP contribution >= 0.6 is 15.9 Å². The zero-order valence-corrected chi connectivity index (χ0v) is 8.95. The molecule has 1 unspecified atom stereocenters. The van der Waals surface area contributed by atoms with E-state index in [0.29, 0.717) is 10.9 Å². The predicted molar refractivity (Wildman–Crippen MR) is 48.9 cm³/mol. The maximum atomic E-state index is 12.3. The molecule has 0 aromatic carbocycles. The molecule has 2 aliphatic rings. The van der Waals surface area contributed by atoms with Crippen LogP contribution in [0.3, 0.4) is 0 Å². The second-order valence-corrected chi connectivity index (χ2v) is 5.03. The number of hydrogen-bond acceptors (Lipinski definition) is 1. The van der Waals surface area contributed by atoms with E-state index in [2.05, 4.69) is 15.9 Å². The van der Waals surface area contributed by atoms with Crippen molar-refractivity contribution in [2.75, 3.05) is 0 Å². The molecule has 0 saturated heterocycles. The van der Waals surface area contributed by atoms with E-state index in [1.54, 1.807) is 0 Å². The minimum atomic E-state index is -4.53. The van der Waals surface area contributed by atoms with Gasteiger partial charge in [0.15, 0.2) is 6.10 Å². The van der Waals surface area contributed by atoms with Crippen LogP contribution in [0, 0.1) is 5.41 Å². The highest BCUT2D eigenvalue weighted by Gasteiger charge is 2.56. The zero-order valence-electron chi connectivity index (χ0n) is 7.36. The van der Waals surface area contributed by atoms with E-state index in [1.165, 1.54) is 0 Å². The Bertz CT molecular complexity index is 291. The monoisotopic (exact) mass is 270 g/mol. The summed E-state index contributed by atoms with van der Waals surface area (Å²) in [5.74, 6) is 0. The molecule has 1 saturated carbocycles. The topological polar surface area (TPSA) is 20.2 Å². The molecule has 0 aromatic rings. The molecule has 0 aliphatic heterocycles. The van der Waals surface area contributed by atoms with Crippen molar-refractivity contribution in [3.05, 3.63) is 10.1 Å². The third-order valence-electron chi connectivity index (χ3n) is 3.25. The van der Waals surface area contributed by atoms with E-state index < -0.39 is 12.3 Å². The number of aliphatic hydroxyl groups is 1. The molecule has 0 amide bonds. The highest BCUT2D eigenvalue weighted by Crippen LogP contribution is 2.62. The molecule has 1 N–H and O–H groups in total. The number of rotatable bonds is 1. The van der Waals surface area contributed by atoms with Gasteiger partial charge in [-0.25, -0.2) is 0 Å². The molecule has 0 bridgehead atoms. The van der Waals surface area contributed by atoms with Gasteiger partial charge in [0.1, 0.15) is 0 Å². The molecule has 14 heavy (non-hydrogen) atoms. The third kappa shape index (κ3) is 1.33. The summed E-state index contributed by atoms with van der Waals surface area (Å²) in [5, 5.41) is 9.16. The fourth-order valence-corrected chi connectivity index (χ4v) is 3.49. The number of allylic oxidation sites excluding steroid dienone is 1. The van der Waals surface area contributed by atoms with E-state index in [4.69, 9.17) is 5.11 Å². The molecule has 1 atom stereocenters. The van der Waals surface area contributed by atoms with E-state index >= 15 is 0 Å². The van der Waals surface area contributed by atoms with Crippen LogP contribution in [0.2, 0.25) is 0 Å². The zero-order chi connectivity index (χ0) is 10.6. The SMILES string of the molecule is OC(C1=C(Br)CC12CCC2)C(F)(F)F. The van der Waals surface area contributed by atoms with E-state index in [9.17, 15) is 13.2 Å². The first-order chi connectivity index (χ1) is 6.37. The quantitative estimate of drug-likeness (QED) is 0.776. The Morgan fingerprint density at radius 3 is 2.21 bits per heavy atom. The van der Waals surface area contributed by atoms with Gasteiger partial charge in [0.05, 0.1) is 0 Å². The molecule has 5 heteroatoms. The first kappa shape index (κ1) is 10.5. The number of halogens is 4. The fourth-order valence-electron chi connectivity index (χ4n) is 2.32. The molecular weight excluding hydrogens is 261 g/mol. The van der Waals surface area contributed by atoms with Gasteiger partial charge in [0.2, 0.25) is 0 Å². The van der Waals surface area contributed by atoms with Crippen LogP contribution < -0.4 is 0 Å². The van der Waals surface area contributed by atoms with Crippen molar-refractivity contribution in [2.45, 2.75) is 38.0 Å².